The van der Waals surface area contributed by atoms with E-state index in [0.29, 0.717) is 24.0 Å². The smallest absolute Gasteiger partial charge is 0.225 e. The Morgan fingerprint density at radius 2 is 1.79 bits per heavy atom. The Kier molecular flexibility index (Phi) is 7.41. The highest BCUT2D eigenvalue weighted by atomic mass is 32.2. The summed E-state index contributed by atoms with van der Waals surface area (Å²) < 4.78 is 10.0. The van der Waals surface area contributed by atoms with E-state index < -0.39 is 0 Å². The summed E-state index contributed by atoms with van der Waals surface area (Å²) in [5.41, 5.74) is 1.49. The molecule has 1 saturated carbocycles. The van der Waals surface area contributed by atoms with Crippen molar-refractivity contribution < 1.29 is 4.74 Å². The summed E-state index contributed by atoms with van der Waals surface area (Å²) in [5.74, 6) is 1.98. The number of benzene rings is 1. The van der Waals surface area contributed by atoms with Crippen LogP contribution in [0.1, 0.15) is 43.6 Å². The number of nitrogens with zero attached hydrogens (tertiary/aromatic N) is 3. The molecule has 1 aromatic heterocycles. The van der Waals surface area contributed by atoms with Crippen LogP contribution in [0, 0.1) is 5.92 Å². The number of ether oxygens (including phenoxy) is 1. The minimum atomic E-state index is 0.397. The van der Waals surface area contributed by atoms with Crippen molar-refractivity contribution in [3.8, 4) is 0 Å². The molecule has 1 unspecified atom stereocenters. The van der Waals surface area contributed by atoms with Gasteiger partial charge in [-0.15, -0.1) is 0 Å². The molecule has 0 spiro atoms. The van der Waals surface area contributed by atoms with E-state index in [-0.39, 0.29) is 0 Å². The number of rotatable bonds is 7. The van der Waals surface area contributed by atoms with Crippen LogP contribution in [-0.4, -0.2) is 48.1 Å². The third kappa shape index (κ3) is 5.50. The van der Waals surface area contributed by atoms with Crippen LogP contribution in [0.15, 0.2) is 48.8 Å². The van der Waals surface area contributed by atoms with E-state index in [2.05, 4.69) is 56.2 Å². The molecule has 2 aliphatic rings. The van der Waals surface area contributed by atoms with Crippen molar-refractivity contribution in [2.45, 2.75) is 50.2 Å². The topological polar surface area (TPSA) is 50.3 Å². The quantitative estimate of drug-likeness (QED) is 0.685. The Hall–Kier alpha value is -1.63. The van der Waals surface area contributed by atoms with Gasteiger partial charge in [0.1, 0.15) is 0 Å². The number of anilines is 1. The van der Waals surface area contributed by atoms with E-state index >= 15 is 0 Å². The standard InChI is InChI=1S/C23H32N4OS/c1-29-26-22-12-15-27(23-24-13-5-14-25-23)16-20(22)17-28-21-10-8-19(9-11-21)18-6-3-2-4-7-18/h2-7,13-14,19-22,26H,8-12,15-17H2,1H3/t19-,20-,21+,22?/m0/s1. The highest BCUT2D eigenvalue weighted by Crippen LogP contribution is 2.34. The third-order valence-electron chi connectivity index (χ3n) is 6.33. The molecule has 0 bridgehead atoms. The van der Waals surface area contributed by atoms with Crippen LogP contribution in [0.2, 0.25) is 0 Å². The fraction of sp³-hybridized carbons (Fsp3) is 0.565. The average molecular weight is 413 g/mol. The van der Waals surface area contributed by atoms with Crippen molar-refractivity contribution in [2.75, 3.05) is 30.9 Å². The number of nitrogens with one attached hydrogen (secondary N) is 1. The molecule has 0 radical (unpaired) electrons. The highest BCUT2D eigenvalue weighted by Gasteiger charge is 2.31. The minimum absolute atomic E-state index is 0.397. The lowest BCUT2D eigenvalue weighted by molar-refractivity contribution is -0.00201. The SMILES string of the molecule is CSNC1CCN(c2ncccn2)C[C@H]1CO[C@H]1CC[C@@H](c2ccccc2)CC1. The molecular formula is C23H32N4OS. The predicted octanol–water partition coefficient (Wildman–Crippen LogP) is 4.28. The first-order chi connectivity index (χ1) is 14.3. The van der Waals surface area contributed by atoms with Gasteiger partial charge in [0.05, 0.1) is 12.7 Å². The molecule has 156 valence electrons. The molecule has 2 atom stereocenters. The van der Waals surface area contributed by atoms with E-state index in [1.54, 1.807) is 11.9 Å². The van der Waals surface area contributed by atoms with Crippen molar-refractivity contribution >= 4 is 17.9 Å². The lowest BCUT2D eigenvalue weighted by Gasteiger charge is -2.39. The average Bonchev–Trinajstić information content (AvgIpc) is 2.80. The van der Waals surface area contributed by atoms with Crippen molar-refractivity contribution in [3.63, 3.8) is 0 Å². The van der Waals surface area contributed by atoms with Crippen LogP contribution >= 0.6 is 11.9 Å². The number of hydrogen-bond donors (Lipinski definition) is 1. The van der Waals surface area contributed by atoms with Crippen molar-refractivity contribution in [1.82, 2.24) is 14.7 Å². The van der Waals surface area contributed by atoms with Gasteiger partial charge in [-0.3, -0.25) is 4.72 Å². The van der Waals surface area contributed by atoms with Crippen molar-refractivity contribution in [2.24, 2.45) is 5.92 Å². The number of aromatic nitrogens is 2. The van der Waals surface area contributed by atoms with Gasteiger partial charge in [-0.25, -0.2) is 9.97 Å². The molecule has 1 aromatic carbocycles. The number of piperidine rings is 1. The molecular weight excluding hydrogens is 380 g/mol. The molecule has 2 heterocycles. The molecule has 5 nitrogen and oxygen atoms in total. The summed E-state index contributed by atoms with van der Waals surface area (Å²) in [4.78, 5) is 11.2. The zero-order chi connectivity index (χ0) is 19.9. The maximum absolute atomic E-state index is 6.45. The first-order valence-corrected chi connectivity index (χ1v) is 12.0. The van der Waals surface area contributed by atoms with Gasteiger partial charge in [-0.2, -0.15) is 0 Å². The molecule has 6 heteroatoms. The van der Waals surface area contributed by atoms with Crippen LogP contribution in [0.25, 0.3) is 0 Å². The Balaban J connectivity index is 1.29. The zero-order valence-corrected chi connectivity index (χ0v) is 18.1. The van der Waals surface area contributed by atoms with Gasteiger partial charge in [0.2, 0.25) is 5.95 Å². The van der Waals surface area contributed by atoms with Gasteiger partial charge in [0, 0.05) is 37.4 Å². The van der Waals surface area contributed by atoms with Gasteiger partial charge in [0.15, 0.2) is 0 Å². The molecule has 1 aliphatic carbocycles. The van der Waals surface area contributed by atoms with Gasteiger partial charge in [0.25, 0.3) is 0 Å². The largest absolute Gasteiger partial charge is 0.378 e. The van der Waals surface area contributed by atoms with Gasteiger partial charge in [-0.05, 0) is 55.9 Å². The maximum atomic E-state index is 6.45. The van der Waals surface area contributed by atoms with Crippen LogP contribution in [-0.2, 0) is 4.74 Å². The summed E-state index contributed by atoms with van der Waals surface area (Å²) in [6, 6.07) is 13.3. The van der Waals surface area contributed by atoms with E-state index in [0.717, 1.165) is 32.1 Å². The zero-order valence-electron chi connectivity index (χ0n) is 17.2. The van der Waals surface area contributed by atoms with Gasteiger partial charge >= 0.3 is 0 Å². The first kappa shape index (κ1) is 20.6. The highest BCUT2D eigenvalue weighted by molar-refractivity contribution is 7.96. The second-order valence-corrected chi connectivity index (χ2v) is 8.83. The molecule has 1 aliphatic heterocycles. The molecule has 2 fully saturated rings. The van der Waals surface area contributed by atoms with Gasteiger partial charge < -0.3 is 9.64 Å². The third-order valence-corrected chi connectivity index (χ3v) is 6.87. The van der Waals surface area contributed by atoms with Crippen molar-refractivity contribution in [1.29, 1.82) is 0 Å². The molecule has 0 amide bonds. The fourth-order valence-corrected chi connectivity index (χ4v) is 5.30. The summed E-state index contributed by atoms with van der Waals surface area (Å²) in [6.07, 6.45) is 12.0. The summed E-state index contributed by atoms with van der Waals surface area (Å²) >= 11 is 1.71. The Labute approximate surface area is 178 Å². The van der Waals surface area contributed by atoms with E-state index in [1.807, 2.05) is 18.5 Å². The van der Waals surface area contributed by atoms with Crippen LogP contribution < -0.4 is 9.62 Å². The molecule has 1 N–H and O–H groups in total. The second kappa shape index (κ2) is 10.4. The van der Waals surface area contributed by atoms with E-state index in [4.69, 9.17) is 4.74 Å². The first-order valence-electron chi connectivity index (χ1n) is 10.8. The lowest BCUT2D eigenvalue weighted by Crippen LogP contribution is -2.50. The number of hydrogen-bond acceptors (Lipinski definition) is 6. The van der Waals surface area contributed by atoms with Crippen molar-refractivity contribution in [3.05, 3.63) is 54.4 Å². The summed E-state index contributed by atoms with van der Waals surface area (Å²) in [6.45, 7) is 2.74. The molecule has 2 aromatic rings. The second-order valence-electron chi connectivity index (χ2n) is 8.19. The summed E-state index contributed by atoms with van der Waals surface area (Å²) in [7, 11) is 0. The van der Waals surface area contributed by atoms with Gasteiger partial charge in [-0.1, -0.05) is 42.3 Å². The Morgan fingerprint density at radius 1 is 1.03 bits per heavy atom. The minimum Gasteiger partial charge on any atom is -0.378 e. The molecule has 4 rings (SSSR count). The van der Waals surface area contributed by atoms with Crippen LogP contribution in [0.4, 0.5) is 5.95 Å². The van der Waals surface area contributed by atoms with E-state index in [1.165, 1.54) is 31.2 Å². The molecule has 29 heavy (non-hydrogen) atoms. The molecule has 1 saturated heterocycles. The summed E-state index contributed by atoms with van der Waals surface area (Å²) in [5, 5.41) is 0. The maximum Gasteiger partial charge on any atom is 0.225 e. The Bertz CT molecular complexity index is 724. The fourth-order valence-electron chi connectivity index (χ4n) is 4.69. The normalized spacial score (nSPS) is 27.7. The monoisotopic (exact) mass is 412 g/mol. The Morgan fingerprint density at radius 3 is 2.52 bits per heavy atom. The van der Waals surface area contributed by atoms with Crippen LogP contribution in [0.5, 0.6) is 0 Å². The van der Waals surface area contributed by atoms with E-state index in [9.17, 15) is 0 Å². The predicted molar refractivity (Wildman–Crippen MR) is 120 cm³/mol. The lowest BCUT2D eigenvalue weighted by atomic mass is 9.82. The van der Waals surface area contributed by atoms with Crippen LogP contribution in [0.3, 0.4) is 0 Å².